The van der Waals surface area contributed by atoms with Gasteiger partial charge in [-0.15, -0.1) is 0 Å². The van der Waals surface area contributed by atoms with E-state index in [9.17, 15) is 14.4 Å². The zero-order valence-corrected chi connectivity index (χ0v) is 15.7. The Hall–Kier alpha value is -3.02. The smallest absolute Gasteiger partial charge is 0.313 e. The van der Waals surface area contributed by atoms with Gasteiger partial charge in [-0.1, -0.05) is 30.4 Å². The summed E-state index contributed by atoms with van der Waals surface area (Å²) in [5.74, 6) is 0.812. The number of imide groups is 1. The number of hydrogen-bond acceptors (Lipinski definition) is 5. The first-order valence-corrected chi connectivity index (χ1v) is 10.2. The van der Waals surface area contributed by atoms with E-state index in [2.05, 4.69) is 17.1 Å². The van der Waals surface area contributed by atoms with Crippen molar-refractivity contribution in [2.24, 2.45) is 35.5 Å². The van der Waals surface area contributed by atoms with Crippen LogP contribution in [0.2, 0.25) is 0 Å². The Labute approximate surface area is 167 Å². The topological polar surface area (TPSA) is 76.6 Å². The molecule has 6 atom stereocenters. The molecule has 29 heavy (non-hydrogen) atoms. The molecule has 4 aliphatic carbocycles. The monoisotopic (exact) mass is 388 g/mol. The summed E-state index contributed by atoms with van der Waals surface area (Å²) in [7, 11) is 0. The Morgan fingerprint density at radius 3 is 2.45 bits per heavy atom. The normalized spacial score (nSPS) is 33.7. The second kappa shape index (κ2) is 5.99. The Bertz CT molecular complexity index is 1050. The van der Waals surface area contributed by atoms with Crippen molar-refractivity contribution in [3.63, 3.8) is 0 Å². The van der Waals surface area contributed by atoms with Crippen LogP contribution in [0.15, 0.2) is 48.7 Å². The molecule has 1 aromatic carbocycles. The molecule has 0 N–H and O–H groups in total. The Balaban J connectivity index is 1.15. The highest BCUT2D eigenvalue weighted by molar-refractivity contribution is 6.06. The average Bonchev–Trinajstić information content (AvgIpc) is 3.52. The van der Waals surface area contributed by atoms with E-state index in [0.29, 0.717) is 23.1 Å². The minimum Gasteiger partial charge on any atom is -0.424 e. The van der Waals surface area contributed by atoms with Crippen LogP contribution in [-0.4, -0.2) is 34.2 Å². The summed E-state index contributed by atoms with van der Waals surface area (Å²) in [5, 5.41) is 0.883. The van der Waals surface area contributed by atoms with Crippen LogP contribution in [0.5, 0.6) is 5.75 Å². The van der Waals surface area contributed by atoms with Gasteiger partial charge < -0.3 is 4.74 Å². The van der Waals surface area contributed by atoms with Crippen LogP contribution in [0, 0.1) is 35.5 Å². The van der Waals surface area contributed by atoms with Crippen molar-refractivity contribution in [3.8, 4) is 5.75 Å². The summed E-state index contributed by atoms with van der Waals surface area (Å²) in [6.07, 6.45) is 7.07. The number of benzene rings is 1. The van der Waals surface area contributed by atoms with E-state index in [1.807, 2.05) is 18.2 Å². The zero-order chi connectivity index (χ0) is 19.7. The Kier molecular flexibility index (Phi) is 3.49. The number of aromatic nitrogens is 1. The van der Waals surface area contributed by atoms with Crippen LogP contribution >= 0.6 is 0 Å². The van der Waals surface area contributed by atoms with Gasteiger partial charge in [-0.25, -0.2) is 0 Å². The van der Waals surface area contributed by atoms with Crippen molar-refractivity contribution in [2.75, 3.05) is 6.54 Å². The van der Waals surface area contributed by atoms with E-state index in [-0.39, 0.29) is 48.5 Å². The summed E-state index contributed by atoms with van der Waals surface area (Å²) in [4.78, 5) is 43.9. The second-order valence-corrected chi connectivity index (χ2v) is 8.54. The number of allylic oxidation sites excluding steroid dienone is 2. The summed E-state index contributed by atoms with van der Waals surface area (Å²) in [6, 6.07) is 9.12. The average molecular weight is 388 g/mol. The van der Waals surface area contributed by atoms with Crippen LogP contribution in [0.25, 0.3) is 10.9 Å². The van der Waals surface area contributed by atoms with E-state index in [4.69, 9.17) is 4.74 Å². The predicted octanol–water partition coefficient (Wildman–Crippen LogP) is 2.58. The number of carbonyl (C=O) groups is 3. The van der Waals surface area contributed by atoms with Gasteiger partial charge in [0, 0.05) is 18.1 Å². The third-order valence-electron chi connectivity index (χ3n) is 7.11. The zero-order valence-electron chi connectivity index (χ0n) is 15.7. The van der Waals surface area contributed by atoms with Crippen molar-refractivity contribution in [3.05, 3.63) is 48.7 Å². The van der Waals surface area contributed by atoms with Gasteiger partial charge in [0.25, 0.3) is 0 Å². The van der Waals surface area contributed by atoms with Crippen LogP contribution in [0.4, 0.5) is 0 Å². The number of likely N-dealkylation sites (tertiary alicyclic amines) is 1. The Morgan fingerprint density at radius 1 is 1.03 bits per heavy atom. The van der Waals surface area contributed by atoms with Gasteiger partial charge in [0.1, 0.15) is 5.52 Å². The number of fused-ring (bicyclic) bond motifs is 1. The maximum Gasteiger partial charge on any atom is 0.313 e. The SMILES string of the molecule is O=C(CCN1C(=O)[C@@H]2[C@H]3C=C[C@@H]([C@@H]4C[C@H]34)[C@@H]2C1=O)Oc1cccc2cccnc12. The summed E-state index contributed by atoms with van der Waals surface area (Å²) in [6.45, 7) is 0.0798. The van der Waals surface area contributed by atoms with Crippen molar-refractivity contribution < 1.29 is 19.1 Å². The highest BCUT2D eigenvalue weighted by Crippen LogP contribution is 2.65. The number of pyridine rings is 1. The lowest BCUT2D eigenvalue weighted by molar-refractivity contribution is -0.141. The van der Waals surface area contributed by atoms with Crippen molar-refractivity contribution >= 4 is 28.7 Å². The fourth-order valence-corrected chi connectivity index (χ4v) is 5.77. The van der Waals surface area contributed by atoms with Gasteiger partial charge in [0.05, 0.1) is 18.3 Å². The largest absolute Gasteiger partial charge is 0.424 e. The molecule has 2 heterocycles. The number of ether oxygens (including phenoxy) is 1. The van der Waals surface area contributed by atoms with Crippen molar-refractivity contribution in [1.29, 1.82) is 0 Å². The molecule has 2 amide bonds. The van der Waals surface area contributed by atoms with E-state index in [1.165, 1.54) is 4.90 Å². The molecule has 5 aliphatic rings. The minimum absolute atomic E-state index is 0.0181. The number of amides is 2. The molecular weight excluding hydrogens is 368 g/mol. The van der Waals surface area contributed by atoms with E-state index < -0.39 is 5.97 Å². The first-order chi connectivity index (χ1) is 14.1. The molecule has 2 bridgehead atoms. The van der Waals surface area contributed by atoms with Crippen LogP contribution in [0.3, 0.4) is 0 Å². The highest BCUT2D eigenvalue weighted by atomic mass is 16.5. The molecule has 0 spiro atoms. The van der Waals surface area contributed by atoms with Crippen molar-refractivity contribution in [1.82, 2.24) is 9.88 Å². The third-order valence-corrected chi connectivity index (χ3v) is 7.11. The molecule has 7 rings (SSSR count). The van der Waals surface area contributed by atoms with E-state index >= 15 is 0 Å². The predicted molar refractivity (Wildman–Crippen MR) is 103 cm³/mol. The minimum atomic E-state index is -0.470. The van der Waals surface area contributed by atoms with E-state index in [0.717, 1.165) is 11.8 Å². The molecule has 0 radical (unpaired) electrons. The number of esters is 1. The van der Waals surface area contributed by atoms with Gasteiger partial charge in [0.2, 0.25) is 11.8 Å². The lowest BCUT2D eigenvalue weighted by atomic mass is 9.63. The lowest BCUT2D eigenvalue weighted by Crippen LogP contribution is -2.40. The summed E-state index contributed by atoms with van der Waals surface area (Å²) < 4.78 is 5.49. The van der Waals surface area contributed by atoms with Crippen LogP contribution in [0.1, 0.15) is 12.8 Å². The number of rotatable bonds is 4. The molecule has 6 heteroatoms. The Morgan fingerprint density at radius 2 is 1.72 bits per heavy atom. The van der Waals surface area contributed by atoms with Crippen LogP contribution < -0.4 is 4.74 Å². The standard InChI is InChI=1S/C23H20N2O4/c26-18(29-17-5-1-3-12-4-2-9-24-21(12)17)8-10-25-22(27)19-13-6-7-14(16-11-15(13)16)20(19)23(25)28/h1-7,9,13-16,19-20H,8,10-11H2/t13-,14-,15-,16+,19-,20+/m0/s1. The number of para-hydroxylation sites is 1. The molecule has 146 valence electrons. The number of nitrogens with zero attached hydrogens (tertiary/aromatic N) is 2. The number of hydrogen-bond donors (Lipinski definition) is 0. The summed E-state index contributed by atoms with van der Waals surface area (Å²) in [5.41, 5.74) is 0.615. The molecule has 1 saturated heterocycles. The second-order valence-electron chi connectivity index (χ2n) is 8.54. The molecule has 2 saturated carbocycles. The lowest BCUT2D eigenvalue weighted by Gasteiger charge is -2.37. The third kappa shape index (κ3) is 2.41. The maximum atomic E-state index is 13.0. The molecular formula is C23H20N2O4. The van der Waals surface area contributed by atoms with Gasteiger partial charge in [-0.05, 0) is 42.2 Å². The molecule has 2 aromatic rings. The highest BCUT2D eigenvalue weighted by Gasteiger charge is 2.66. The fourth-order valence-electron chi connectivity index (χ4n) is 5.77. The number of carbonyl (C=O) groups excluding carboxylic acids is 3. The van der Waals surface area contributed by atoms with Gasteiger partial charge in [0.15, 0.2) is 5.75 Å². The molecule has 1 aliphatic heterocycles. The van der Waals surface area contributed by atoms with E-state index in [1.54, 1.807) is 18.3 Å². The van der Waals surface area contributed by atoms with Gasteiger partial charge in [-0.3, -0.25) is 24.3 Å². The molecule has 3 fully saturated rings. The molecule has 0 unspecified atom stereocenters. The first kappa shape index (κ1) is 16.9. The van der Waals surface area contributed by atoms with Gasteiger partial charge in [-0.2, -0.15) is 0 Å². The molecule has 6 nitrogen and oxygen atoms in total. The van der Waals surface area contributed by atoms with Gasteiger partial charge >= 0.3 is 5.97 Å². The quantitative estimate of drug-likeness (QED) is 0.348. The summed E-state index contributed by atoms with van der Waals surface area (Å²) >= 11 is 0. The molecule has 1 aromatic heterocycles. The van der Waals surface area contributed by atoms with Crippen LogP contribution in [-0.2, 0) is 14.4 Å². The fraction of sp³-hybridized carbons (Fsp3) is 0.391. The maximum absolute atomic E-state index is 13.0. The van der Waals surface area contributed by atoms with Crippen molar-refractivity contribution in [2.45, 2.75) is 12.8 Å². The first-order valence-electron chi connectivity index (χ1n) is 10.2.